The largest absolute Gasteiger partial charge is 0.466 e. The summed E-state index contributed by atoms with van der Waals surface area (Å²) in [5.41, 5.74) is -0.192. The molecule has 248 valence electrons. The third-order valence-electron chi connectivity index (χ3n) is 8.39. The molecule has 0 radical (unpaired) electrons. The lowest BCUT2D eigenvalue weighted by molar-refractivity contribution is -0.147. The number of carbonyl (C=O) groups excluding carboxylic acids is 3. The molecule has 0 spiro atoms. The standard InChI is InChI=1S/C37H70O5/c1-7-9-11-13-15-17-23-29-41-34(39)31-36(3,4)27-21-19-25-33(38)26-20-22-28-37(5,6)32-35(40)42-30-24-18-16-14-12-10-8-2/h7-32H2,1-6H3. The van der Waals surface area contributed by atoms with Gasteiger partial charge in [0.2, 0.25) is 0 Å². The van der Waals surface area contributed by atoms with Crippen LogP contribution in [0.5, 0.6) is 0 Å². The van der Waals surface area contributed by atoms with E-state index in [0.29, 0.717) is 44.7 Å². The summed E-state index contributed by atoms with van der Waals surface area (Å²) in [5, 5.41) is 0. The number of hydrogen-bond donors (Lipinski definition) is 0. The summed E-state index contributed by atoms with van der Waals surface area (Å²) in [6.45, 7) is 14.0. The summed E-state index contributed by atoms with van der Waals surface area (Å²) in [5.74, 6) is 0.145. The van der Waals surface area contributed by atoms with Crippen LogP contribution in [0, 0.1) is 10.8 Å². The molecule has 0 heterocycles. The summed E-state index contributed by atoms with van der Waals surface area (Å²) >= 11 is 0. The number of ether oxygens (including phenoxy) is 2. The topological polar surface area (TPSA) is 69.7 Å². The lowest BCUT2D eigenvalue weighted by Gasteiger charge is -2.23. The van der Waals surface area contributed by atoms with Crippen molar-refractivity contribution in [3.8, 4) is 0 Å². The van der Waals surface area contributed by atoms with Gasteiger partial charge in [0.15, 0.2) is 0 Å². The second-order valence-corrected chi connectivity index (χ2v) is 14.3. The highest BCUT2D eigenvalue weighted by Crippen LogP contribution is 2.30. The van der Waals surface area contributed by atoms with Gasteiger partial charge in [-0.25, -0.2) is 0 Å². The molecular formula is C37H70O5. The zero-order valence-electron chi connectivity index (χ0n) is 28.9. The van der Waals surface area contributed by atoms with Gasteiger partial charge in [0.05, 0.1) is 26.1 Å². The Morgan fingerprint density at radius 1 is 0.452 bits per heavy atom. The zero-order valence-corrected chi connectivity index (χ0v) is 28.9. The van der Waals surface area contributed by atoms with Gasteiger partial charge in [-0.15, -0.1) is 0 Å². The van der Waals surface area contributed by atoms with E-state index in [1.807, 2.05) is 0 Å². The normalized spacial score (nSPS) is 12.0. The number of hydrogen-bond acceptors (Lipinski definition) is 5. The highest BCUT2D eigenvalue weighted by atomic mass is 16.5. The molecule has 0 aromatic rings. The third kappa shape index (κ3) is 27.4. The van der Waals surface area contributed by atoms with E-state index in [-0.39, 0.29) is 22.8 Å². The van der Waals surface area contributed by atoms with Crippen LogP contribution in [0.1, 0.15) is 196 Å². The zero-order chi connectivity index (χ0) is 31.5. The van der Waals surface area contributed by atoms with Gasteiger partial charge in [-0.3, -0.25) is 14.4 Å². The van der Waals surface area contributed by atoms with Crippen molar-refractivity contribution in [2.24, 2.45) is 10.8 Å². The maximum atomic E-state index is 12.4. The molecule has 0 aliphatic carbocycles. The first-order valence-corrected chi connectivity index (χ1v) is 17.8. The molecule has 5 nitrogen and oxygen atoms in total. The van der Waals surface area contributed by atoms with Gasteiger partial charge < -0.3 is 9.47 Å². The molecule has 0 amide bonds. The van der Waals surface area contributed by atoms with E-state index in [9.17, 15) is 14.4 Å². The fraction of sp³-hybridized carbons (Fsp3) is 0.919. The van der Waals surface area contributed by atoms with E-state index in [4.69, 9.17) is 9.47 Å². The molecule has 42 heavy (non-hydrogen) atoms. The highest BCUT2D eigenvalue weighted by Gasteiger charge is 2.24. The average molecular weight is 595 g/mol. The summed E-state index contributed by atoms with van der Waals surface area (Å²) in [6.07, 6.45) is 24.7. The van der Waals surface area contributed by atoms with E-state index in [1.165, 1.54) is 64.2 Å². The predicted octanol–water partition coefficient (Wildman–Crippen LogP) is 11.1. The van der Waals surface area contributed by atoms with Gasteiger partial charge in [-0.1, -0.05) is 131 Å². The predicted molar refractivity (Wildman–Crippen MR) is 177 cm³/mol. The summed E-state index contributed by atoms with van der Waals surface area (Å²) in [4.78, 5) is 36.9. The van der Waals surface area contributed by atoms with Crippen LogP contribution in [-0.2, 0) is 23.9 Å². The van der Waals surface area contributed by atoms with Crippen LogP contribution in [0.2, 0.25) is 0 Å². The quantitative estimate of drug-likeness (QED) is 0.0611. The first-order chi connectivity index (χ1) is 20.0. The first kappa shape index (κ1) is 40.6. The number of Topliss-reactive ketones (excluding diaryl/α,β-unsaturated/α-hetero) is 1. The molecule has 0 saturated heterocycles. The number of ketones is 1. The molecule has 0 aliphatic rings. The fourth-order valence-electron chi connectivity index (χ4n) is 5.53. The Balaban J connectivity index is 3.83. The van der Waals surface area contributed by atoms with Crippen LogP contribution < -0.4 is 0 Å². The highest BCUT2D eigenvalue weighted by molar-refractivity contribution is 5.78. The molecule has 0 atom stereocenters. The Morgan fingerprint density at radius 2 is 0.786 bits per heavy atom. The minimum absolute atomic E-state index is 0.0913. The molecule has 0 aromatic carbocycles. The number of rotatable bonds is 30. The van der Waals surface area contributed by atoms with E-state index >= 15 is 0 Å². The number of esters is 2. The van der Waals surface area contributed by atoms with Crippen molar-refractivity contribution < 1.29 is 23.9 Å². The SMILES string of the molecule is CCCCCCCCCOC(=O)CC(C)(C)CCCCC(=O)CCCCC(C)(C)CC(=O)OCCCCCCCCC. The Kier molecular flexibility index (Phi) is 25.2. The lowest BCUT2D eigenvalue weighted by atomic mass is 9.83. The van der Waals surface area contributed by atoms with Crippen LogP contribution in [-0.4, -0.2) is 30.9 Å². The summed E-state index contributed by atoms with van der Waals surface area (Å²) < 4.78 is 10.9. The van der Waals surface area contributed by atoms with Gasteiger partial charge in [-0.05, 0) is 49.4 Å². The summed E-state index contributed by atoms with van der Waals surface area (Å²) in [6, 6.07) is 0. The van der Waals surface area contributed by atoms with Crippen molar-refractivity contribution in [2.45, 2.75) is 196 Å². The van der Waals surface area contributed by atoms with Crippen LogP contribution in [0.25, 0.3) is 0 Å². The third-order valence-corrected chi connectivity index (χ3v) is 8.39. The Bertz CT molecular complexity index is 626. The van der Waals surface area contributed by atoms with Gasteiger partial charge in [-0.2, -0.15) is 0 Å². The maximum Gasteiger partial charge on any atom is 0.306 e. The lowest BCUT2D eigenvalue weighted by Crippen LogP contribution is -2.19. The molecule has 5 heteroatoms. The molecular weight excluding hydrogens is 524 g/mol. The number of carbonyl (C=O) groups is 3. The van der Waals surface area contributed by atoms with Crippen LogP contribution in [0.4, 0.5) is 0 Å². The molecule has 0 saturated carbocycles. The smallest absolute Gasteiger partial charge is 0.306 e. The van der Waals surface area contributed by atoms with Gasteiger partial charge in [0.1, 0.15) is 5.78 Å². The van der Waals surface area contributed by atoms with Crippen molar-refractivity contribution in [3.05, 3.63) is 0 Å². The summed E-state index contributed by atoms with van der Waals surface area (Å²) in [7, 11) is 0. The van der Waals surface area contributed by atoms with Crippen molar-refractivity contribution in [1.29, 1.82) is 0 Å². The molecule has 0 aromatic heterocycles. The maximum absolute atomic E-state index is 12.4. The molecule has 0 unspecified atom stereocenters. The van der Waals surface area contributed by atoms with Crippen LogP contribution in [0.15, 0.2) is 0 Å². The minimum atomic E-state index is -0.0960. The average Bonchev–Trinajstić information content (AvgIpc) is 2.91. The first-order valence-electron chi connectivity index (χ1n) is 17.8. The monoisotopic (exact) mass is 595 g/mol. The van der Waals surface area contributed by atoms with Crippen molar-refractivity contribution >= 4 is 17.7 Å². The Morgan fingerprint density at radius 3 is 1.14 bits per heavy atom. The molecule has 0 N–H and O–H groups in total. The van der Waals surface area contributed by atoms with Gasteiger partial charge in [0.25, 0.3) is 0 Å². The van der Waals surface area contributed by atoms with Crippen LogP contribution in [0.3, 0.4) is 0 Å². The van der Waals surface area contributed by atoms with Crippen molar-refractivity contribution in [1.82, 2.24) is 0 Å². The van der Waals surface area contributed by atoms with E-state index in [0.717, 1.165) is 64.2 Å². The fourth-order valence-corrected chi connectivity index (χ4v) is 5.53. The Labute approximate surface area is 261 Å². The second-order valence-electron chi connectivity index (χ2n) is 14.3. The molecule has 0 aliphatic heterocycles. The van der Waals surface area contributed by atoms with Gasteiger partial charge in [0, 0.05) is 12.8 Å². The number of unbranched alkanes of at least 4 members (excludes halogenated alkanes) is 14. The van der Waals surface area contributed by atoms with E-state index in [2.05, 4.69) is 41.5 Å². The Hall–Kier alpha value is -1.39. The van der Waals surface area contributed by atoms with E-state index in [1.54, 1.807) is 0 Å². The van der Waals surface area contributed by atoms with Gasteiger partial charge >= 0.3 is 11.9 Å². The van der Waals surface area contributed by atoms with Crippen LogP contribution >= 0.6 is 0 Å². The molecule has 0 rings (SSSR count). The molecule has 0 bridgehead atoms. The minimum Gasteiger partial charge on any atom is -0.466 e. The van der Waals surface area contributed by atoms with Crippen molar-refractivity contribution in [2.75, 3.05) is 13.2 Å². The van der Waals surface area contributed by atoms with Crippen molar-refractivity contribution in [3.63, 3.8) is 0 Å². The second kappa shape index (κ2) is 26.1. The van der Waals surface area contributed by atoms with E-state index < -0.39 is 0 Å². The molecule has 0 fully saturated rings.